The summed E-state index contributed by atoms with van der Waals surface area (Å²) in [5, 5.41) is 6.60. The molecule has 0 radical (unpaired) electrons. The fraction of sp³-hybridized carbons (Fsp3) is 0.273. The predicted octanol–water partition coefficient (Wildman–Crippen LogP) is 1.47. The zero-order valence-corrected chi connectivity index (χ0v) is 8.86. The van der Waals surface area contributed by atoms with Crippen molar-refractivity contribution in [1.29, 1.82) is 0 Å². The largest absolute Gasteiger partial charge is 0.318 e. The zero-order valence-electron chi connectivity index (χ0n) is 8.86. The van der Waals surface area contributed by atoms with Gasteiger partial charge in [0, 0.05) is 0 Å². The van der Waals surface area contributed by atoms with Gasteiger partial charge in [-0.05, 0) is 25.0 Å². The van der Waals surface area contributed by atoms with Gasteiger partial charge in [-0.3, -0.25) is 5.10 Å². The molecule has 1 unspecified atom stereocenters. The molecule has 0 aliphatic heterocycles. The van der Waals surface area contributed by atoms with Crippen LogP contribution in [-0.2, 0) is 0 Å². The van der Waals surface area contributed by atoms with E-state index in [0.717, 1.165) is 5.56 Å². The number of nitrogens with two attached hydrogens (primary N) is 1. The minimum absolute atomic E-state index is 0.229. The van der Waals surface area contributed by atoms with Gasteiger partial charge in [0.15, 0.2) is 0 Å². The number of benzene rings is 1. The summed E-state index contributed by atoms with van der Waals surface area (Å²) in [5.74, 6) is 0.698. The molecule has 2 aromatic rings. The van der Waals surface area contributed by atoms with Crippen LogP contribution < -0.4 is 5.73 Å². The number of nitrogens with one attached hydrogen (secondary N) is 1. The minimum atomic E-state index is -0.229. The van der Waals surface area contributed by atoms with Crippen LogP contribution in [-0.4, -0.2) is 15.2 Å². The maximum absolute atomic E-state index is 6.10. The van der Waals surface area contributed by atoms with Crippen LogP contribution >= 0.6 is 0 Å². The molecule has 78 valence electrons. The van der Waals surface area contributed by atoms with Gasteiger partial charge in [0.2, 0.25) is 0 Å². The summed E-state index contributed by atoms with van der Waals surface area (Å²) in [7, 11) is 0. The smallest absolute Gasteiger partial charge is 0.145 e. The highest BCUT2D eigenvalue weighted by atomic mass is 15.2. The molecule has 0 saturated carbocycles. The number of rotatable bonds is 2. The van der Waals surface area contributed by atoms with Crippen LogP contribution in [0.2, 0.25) is 0 Å². The molecule has 4 heteroatoms. The molecule has 0 aliphatic rings. The lowest BCUT2D eigenvalue weighted by Crippen LogP contribution is -2.15. The molecule has 15 heavy (non-hydrogen) atoms. The monoisotopic (exact) mass is 202 g/mol. The third-order valence-corrected chi connectivity index (χ3v) is 2.50. The number of aromatic amines is 1. The van der Waals surface area contributed by atoms with Crippen molar-refractivity contribution in [3.8, 4) is 0 Å². The van der Waals surface area contributed by atoms with Crippen molar-refractivity contribution in [3.63, 3.8) is 0 Å². The molecule has 1 heterocycles. The molecule has 0 amide bonds. The number of aryl methyl sites for hydroxylation is 2. The first-order valence-electron chi connectivity index (χ1n) is 4.86. The van der Waals surface area contributed by atoms with E-state index in [-0.39, 0.29) is 6.04 Å². The highest BCUT2D eigenvalue weighted by Crippen LogP contribution is 2.20. The number of aromatic nitrogens is 3. The first-order chi connectivity index (χ1) is 7.18. The normalized spacial score (nSPS) is 12.7. The van der Waals surface area contributed by atoms with E-state index in [1.54, 1.807) is 0 Å². The Bertz CT molecular complexity index is 448. The lowest BCUT2D eigenvalue weighted by atomic mass is 9.99. The Morgan fingerprint density at radius 2 is 2.13 bits per heavy atom. The second-order valence-corrected chi connectivity index (χ2v) is 3.71. The minimum Gasteiger partial charge on any atom is -0.318 e. The summed E-state index contributed by atoms with van der Waals surface area (Å²) >= 11 is 0. The second-order valence-electron chi connectivity index (χ2n) is 3.71. The summed E-state index contributed by atoms with van der Waals surface area (Å²) < 4.78 is 0. The number of H-pyrrole nitrogens is 1. The Kier molecular flexibility index (Phi) is 2.51. The van der Waals surface area contributed by atoms with Gasteiger partial charge in [-0.2, -0.15) is 5.10 Å². The average Bonchev–Trinajstić information content (AvgIpc) is 2.74. The summed E-state index contributed by atoms with van der Waals surface area (Å²) in [4.78, 5) is 4.07. The number of hydrogen-bond acceptors (Lipinski definition) is 3. The van der Waals surface area contributed by atoms with Gasteiger partial charge in [-0.1, -0.05) is 23.8 Å². The maximum Gasteiger partial charge on any atom is 0.145 e. The topological polar surface area (TPSA) is 67.6 Å². The van der Waals surface area contributed by atoms with E-state index in [1.165, 1.54) is 17.5 Å². The molecule has 0 saturated heterocycles. The van der Waals surface area contributed by atoms with E-state index in [9.17, 15) is 0 Å². The van der Waals surface area contributed by atoms with E-state index in [1.807, 2.05) is 6.92 Å². The van der Waals surface area contributed by atoms with Crippen molar-refractivity contribution in [2.45, 2.75) is 19.9 Å². The first kappa shape index (κ1) is 9.86. The molecule has 4 nitrogen and oxygen atoms in total. The van der Waals surface area contributed by atoms with Gasteiger partial charge in [-0.15, -0.1) is 0 Å². The summed E-state index contributed by atoms with van der Waals surface area (Å²) in [5.41, 5.74) is 9.56. The summed E-state index contributed by atoms with van der Waals surface area (Å²) in [6.07, 6.45) is 1.47. The quantitative estimate of drug-likeness (QED) is 0.774. The van der Waals surface area contributed by atoms with Crippen molar-refractivity contribution in [1.82, 2.24) is 15.2 Å². The average molecular weight is 202 g/mol. The van der Waals surface area contributed by atoms with E-state index in [2.05, 4.69) is 40.3 Å². The van der Waals surface area contributed by atoms with Gasteiger partial charge >= 0.3 is 0 Å². The lowest BCUT2D eigenvalue weighted by Gasteiger charge is -2.12. The molecular formula is C11H14N4. The van der Waals surface area contributed by atoms with Gasteiger partial charge < -0.3 is 5.73 Å². The predicted molar refractivity (Wildman–Crippen MR) is 58.3 cm³/mol. The number of hydrogen-bond donors (Lipinski definition) is 2. The van der Waals surface area contributed by atoms with Crippen LogP contribution in [0.25, 0.3) is 0 Å². The van der Waals surface area contributed by atoms with Crippen LogP contribution in [0.1, 0.15) is 28.6 Å². The molecule has 0 spiro atoms. The Labute approximate surface area is 88.5 Å². The molecule has 1 aromatic heterocycles. The highest BCUT2D eigenvalue weighted by Gasteiger charge is 2.13. The molecule has 0 aliphatic carbocycles. The highest BCUT2D eigenvalue weighted by molar-refractivity contribution is 5.35. The fourth-order valence-corrected chi connectivity index (χ4v) is 1.61. The summed E-state index contributed by atoms with van der Waals surface area (Å²) in [6, 6.07) is 6.00. The van der Waals surface area contributed by atoms with Gasteiger partial charge in [-0.25, -0.2) is 4.98 Å². The van der Waals surface area contributed by atoms with Gasteiger partial charge in [0.1, 0.15) is 12.2 Å². The first-order valence-corrected chi connectivity index (χ1v) is 4.86. The number of nitrogens with zero attached hydrogens (tertiary/aromatic N) is 2. The Balaban J connectivity index is 2.41. The molecule has 2 rings (SSSR count). The van der Waals surface area contributed by atoms with Crippen LogP contribution in [0.4, 0.5) is 0 Å². The molecular weight excluding hydrogens is 188 g/mol. The Morgan fingerprint density at radius 3 is 2.80 bits per heavy atom. The van der Waals surface area contributed by atoms with Crippen molar-refractivity contribution in [2.75, 3.05) is 0 Å². The maximum atomic E-state index is 6.10. The van der Waals surface area contributed by atoms with Crippen molar-refractivity contribution in [3.05, 3.63) is 47.0 Å². The van der Waals surface area contributed by atoms with E-state index >= 15 is 0 Å². The zero-order chi connectivity index (χ0) is 10.8. The second kappa shape index (κ2) is 3.82. The van der Waals surface area contributed by atoms with Crippen LogP contribution in [0.3, 0.4) is 0 Å². The van der Waals surface area contributed by atoms with E-state index in [4.69, 9.17) is 5.73 Å². The standard InChI is InChI=1S/C11H14N4/c1-7-3-4-8(2)9(5-7)10(12)11-13-6-14-15-11/h3-6,10H,12H2,1-2H3,(H,13,14,15). The summed E-state index contributed by atoms with van der Waals surface area (Å²) in [6.45, 7) is 4.10. The fourth-order valence-electron chi connectivity index (χ4n) is 1.61. The van der Waals surface area contributed by atoms with Crippen molar-refractivity contribution >= 4 is 0 Å². The van der Waals surface area contributed by atoms with Crippen LogP contribution in [0.5, 0.6) is 0 Å². The molecule has 1 atom stereocenters. The van der Waals surface area contributed by atoms with Crippen LogP contribution in [0.15, 0.2) is 24.5 Å². The Hall–Kier alpha value is -1.68. The van der Waals surface area contributed by atoms with Gasteiger partial charge in [0.05, 0.1) is 6.04 Å². The van der Waals surface area contributed by atoms with E-state index < -0.39 is 0 Å². The Morgan fingerprint density at radius 1 is 1.33 bits per heavy atom. The third-order valence-electron chi connectivity index (χ3n) is 2.50. The molecule has 0 fully saturated rings. The molecule has 1 aromatic carbocycles. The van der Waals surface area contributed by atoms with Crippen molar-refractivity contribution in [2.24, 2.45) is 5.73 Å². The lowest BCUT2D eigenvalue weighted by molar-refractivity contribution is 0.780. The third kappa shape index (κ3) is 1.89. The van der Waals surface area contributed by atoms with E-state index in [0.29, 0.717) is 5.82 Å². The molecule has 0 bridgehead atoms. The molecule has 3 N–H and O–H groups in total. The van der Waals surface area contributed by atoms with Crippen molar-refractivity contribution < 1.29 is 0 Å². The SMILES string of the molecule is Cc1ccc(C)c(C(N)c2ncn[nH]2)c1. The van der Waals surface area contributed by atoms with Crippen LogP contribution in [0, 0.1) is 13.8 Å². The van der Waals surface area contributed by atoms with Gasteiger partial charge in [0.25, 0.3) is 0 Å².